The molecule has 84 heavy (non-hydrogen) atoms. The largest absolute Gasteiger partial charge is 0.420 e. The molecular weight excluding hydrogens is 1060 g/mol. The molecule has 0 amide bonds. The fourth-order valence-electron chi connectivity index (χ4n) is 11.1. The van der Waals surface area contributed by atoms with Crippen LogP contribution in [0.1, 0.15) is 61.7 Å². The number of hydrogen-bond donors (Lipinski definition) is 0. The van der Waals surface area contributed by atoms with Gasteiger partial charge in [-0.25, -0.2) is 15.0 Å². The highest BCUT2D eigenvalue weighted by atomic mass is 19.4. The Labute approximate surface area is 476 Å². The molecule has 0 bridgehead atoms. The molecule has 0 spiro atoms. The third-order valence-electron chi connectivity index (χ3n) is 14.6. The van der Waals surface area contributed by atoms with Crippen LogP contribution in [0.25, 0.3) is 111 Å². The Morgan fingerprint density at radius 2 is 0.560 bits per heavy atom. The van der Waals surface area contributed by atoms with Crippen LogP contribution < -0.4 is 0 Å². The fourth-order valence-corrected chi connectivity index (χ4v) is 11.1. The Hall–Kier alpha value is -12.7. The molecule has 3 aromatic heterocycles. The number of nitrogens with zero attached hydrogens (tertiary/aromatic N) is 13. The second kappa shape index (κ2) is 20.2. The smallest absolute Gasteiger partial charge is 0.308 e. The zero-order chi connectivity index (χ0) is 58.7. The average molecular weight is 1090 g/mol. The Balaban J connectivity index is 1.28. The van der Waals surface area contributed by atoms with Crippen molar-refractivity contribution in [1.82, 2.24) is 24.1 Å². The van der Waals surface area contributed by atoms with Crippen LogP contribution in [-0.2, 0) is 6.18 Å². The van der Waals surface area contributed by atoms with Gasteiger partial charge < -0.3 is 9.13 Å². The number of hydrogen-bond acceptors (Lipinski definition) is 11. The van der Waals surface area contributed by atoms with Crippen LogP contribution in [0.15, 0.2) is 158 Å². The summed E-state index contributed by atoms with van der Waals surface area (Å²) in [5, 5.41) is 82.4. The first-order valence-corrected chi connectivity index (χ1v) is 25.6. The predicted molar refractivity (Wildman–Crippen MR) is 308 cm³/mol. The predicted octanol–water partition coefficient (Wildman–Crippen LogP) is 15.0. The molecule has 0 aliphatic rings. The standard InChI is InChI=1S/C68H32F3N13/c1-37-80-38(2)82-67(81-37)55-27-64(83-60-23-47(51-15-39(29-72)11-40(16-51)30-73)3-7-56(60)57-8-4-48(24-61(57)83)52-17-41(31-74)12-42(18-52)32-75)66(68(69,70)71)65(28-55)84-62-25-49(53-19-43(33-76)13-44(20-53)34-77)5-9-58(62)59-10-6-50(26-63(59)84)54-21-45(35-78)14-46(22-54)36-79/h3-28H,1-2H3. The van der Waals surface area contributed by atoms with E-state index in [2.05, 4.69) is 53.5 Å². The SMILES string of the molecule is Cc1nc(C)nc(-c2cc(-n3c4cc(-c5cc(C#N)cc(C#N)c5)ccc4c4ccc(-c5cc(C#N)cc(C#N)c5)cc43)c(C(F)(F)F)c(-n3c4cc(-c5cc(C#N)cc(C#N)c5)ccc4c4ccc(-c5cc(C#N)cc(C#N)c5)cc43)c2)n1. The Morgan fingerprint density at radius 1 is 0.310 bits per heavy atom. The summed E-state index contributed by atoms with van der Waals surface area (Å²) in [6, 6.07) is 59.0. The van der Waals surface area contributed by atoms with Gasteiger partial charge in [0.15, 0.2) is 5.82 Å². The minimum Gasteiger partial charge on any atom is -0.308 e. The van der Waals surface area contributed by atoms with Gasteiger partial charge in [0.1, 0.15) is 17.2 Å². The molecule has 0 aliphatic heterocycles. The quantitative estimate of drug-likeness (QED) is 0.145. The van der Waals surface area contributed by atoms with Gasteiger partial charge in [0.2, 0.25) is 0 Å². The molecule has 9 aromatic carbocycles. The van der Waals surface area contributed by atoms with Crippen molar-refractivity contribution in [3.8, 4) is 116 Å². The van der Waals surface area contributed by atoms with Crippen LogP contribution >= 0.6 is 0 Å². The first-order chi connectivity index (χ1) is 40.6. The molecule has 12 rings (SSSR count). The number of fused-ring (bicyclic) bond motifs is 6. The summed E-state index contributed by atoms with van der Waals surface area (Å²) in [7, 11) is 0. The normalized spacial score (nSPS) is 11.1. The third kappa shape index (κ3) is 9.02. The van der Waals surface area contributed by atoms with Gasteiger partial charge in [-0.15, -0.1) is 0 Å². The van der Waals surface area contributed by atoms with Crippen LogP contribution in [0, 0.1) is 104 Å². The maximum absolute atomic E-state index is 17.5. The topological polar surface area (TPSA) is 239 Å². The summed E-state index contributed by atoms with van der Waals surface area (Å²) in [6.45, 7) is 3.29. The summed E-state index contributed by atoms with van der Waals surface area (Å²) in [6.07, 6.45) is -5.19. The van der Waals surface area contributed by atoms with Gasteiger partial charge in [0, 0.05) is 27.1 Å². The number of nitriles is 8. The third-order valence-corrected chi connectivity index (χ3v) is 14.6. The Kier molecular flexibility index (Phi) is 12.5. The van der Waals surface area contributed by atoms with Crippen molar-refractivity contribution in [3.05, 3.63) is 219 Å². The van der Waals surface area contributed by atoms with Crippen LogP contribution in [0.4, 0.5) is 13.2 Å². The molecule has 0 fully saturated rings. The number of aryl methyl sites for hydroxylation is 2. The van der Waals surface area contributed by atoms with E-state index in [0.717, 1.165) is 0 Å². The minimum atomic E-state index is -5.19. The molecule has 0 radical (unpaired) electrons. The van der Waals surface area contributed by atoms with Crippen molar-refractivity contribution in [1.29, 1.82) is 42.1 Å². The molecule has 0 aliphatic carbocycles. The Morgan fingerprint density at radius 3 is 0.786 bits per heavy atom. The van der Waals surface area contributed by atoms with E-state index >= 15 is 13.2 Å². The van der Waals surface area contributed by atoms with E-state index in [4.69, 9.17) is 9.97 Å². The molecule has 3 heterocycles. The van der Waals surface area contributed by atoms with Gasteiger partial charge in [0.05, 0.1) is 127 Å². The van der Waals surface area contributed by atoms with Crippen LogP contribution in [0.3, 0.4) is 0 Å². The van der Waals surface area contributed by atoms with Gasteiger partial charge >= 0.3 is 6.18 Å². The minimum absolute atomic E-state index is 0.0462. The molecule has 0 atom stereocenters. The van der Waals surface area contributed by atoms with Crippen molar-refractivity contribution in [2.75, 3.05) is 0 Å². The van der Waals surface area contributed by atoms with E-state index in [1.54, 1.807) is 135 Å². The lowest BCUT2D eigenvalue weighted by Gasteiger charge is -2.23. The summed E-state index contributed by atoms with van der Waals surface area (Å²) in [5.41, 5.74) is 4.58. The van der Waals surface area contributed by atoms with Crippen LogP contribution in [0.2, 0.25) is 0 Å². The first-order valence-electron chi connectivity index (χ1n) is 25.6. The number of rotatable bonds is 7. The first kappa shape index (κ1) is 52.0. The fraction of sp³-hybridized carbons (Fsp3) is 0.0441. The van der Waals surface area contributed by atoms with Gasteiger partial charge in [-0.2, -0.15) is 55.3 Å². The maximum Gasteiger partial charge on any atom is 0.420 e. The van der Waals surface area contributed by atoms with Crippen LogP contribution in [-0.4, -0.2) is 24.1 Å². The van der Waals surface area contributed by atoms with E-state index in [9.17, 15) is 42.1 Å². The lowest BCUT2D eigenvalue weighted by Crippen LogP contribution is -2.16. The van der Waals surface area contributed by atoms with E-state index in [0.29, 0.717) is 66.1 Å². The lowest BCUT2D eigenvalue weighted by molar-refractivity contribution is -0.137. The van der Waals surface area contributed by atoms with Crippen molar-refractivity contribution >= 4 is 43.6 Å². The molecule has 13 nitrogen and oxygen atoms in total. The molecule has 16 heteroatoms. The van der Waals surface area contributed by atoms with E-state index in [1.165, 1.54) is 45.5 Å². The number of aromatic nitrogens is 5. The highest BCUT2D eigenvalue weighted by molar-refractivity contribution is 6.13. The van der Waals surface area contributed by atoms with Gasteiger partial charge in [-0.05, 0) is 168 Å². The van der Waals surface area contributed by atoms with Crippen molar-refractivity contribution in [2.45, 2.75) is 20.0 Å². The number of halogens is 3. The monoisotopic (exact) mass is 1090 g/mol. The van der Waals surface area contributed by atoms with Crippen molar-refractivity contribution in [3.63, 3.8) is 0 Å². The second-order valence-corrected chi connectivity index (χ2v) is 19.8. The van der Waals surface area contributed by atoms with Crippen molar-refractivity contribution in [2.24, 2.45) is 0 Å². The Bertz CT molecular complexity index is 4570. The van der Waals surface area contributed by atoms with Gasteiger partial charge in [-0.1, -0.05) is 48.5 Å². The van der Waals surface area contributed by atoms with E-state index in [1.807, 2.05) is 0 Å². The molecule has 0 N–H and O–H groups in total. The molecular formula is C68H32F3N13. The van der Waals surface area contributed by atoms with E-state index in [-0.39, 0.29) is 101 Å². The summed E-state index contributed by atoms with van der Waals surface area (Å²) in [5.74, 6) is 0.626. The second-order valence-electron chi connectivity index (χ2n) is 19.8. The molecule has 0 saturated carbocycles. The van der Waals surface area contributed by atoms with E-state index < -0.39 is 11.7 Å². The highest BCUT2D eigenvalue weighted by Gasteiger charge is 2.40. The summed E-state index contributed by atoms with van der Waals surface area (Å²) >= 11 is 0. The zero-order valence-electron chi connectivity index (χ0n) is 44.0. The number of benzene rings is 9. The molecule has 0 unspecified atom stereocenters. The molecule has 390 valence electrons. The van der Waals surface area contributed by atoms with Gasteiger partial charge in [0.25, 0.3) is 0 Å². The van der Waals surface area contributed by atoms with Gasteiger partial charge in [-0.3, -0.25) is 0 Å². The maximum atomic E-state index is 17.5. The molecule has 12 aromatic rings. The molecule has 0 saturated heterocycles. The number of alkyl halides is 3. The average Bonchev–Trinajstić information content (AvgIpc) is 3.82. The zero-order valence-corrected chi connectivity index (χ0v) is 44.0. The van der Waals surface area contributed by atoms with Crippen molar-refractivity contribution < 1.29 is 13.2 Å². The highest BCUT2D eigenvalue weighted by Crippen LogP contribution is 2.48. The lowest BCUT2D eigenvalue weighted by atomic mass is 9.98. The summed E-state index contributed by atoms with van der Waals surface area (Å²) in [4.78, 5) is 13.8. The summed E-state index contributed by atoms with van der Waals surface area (Å²) < 4.78 is 55.5. The van der Waals surface area contributed by atoms with Crippen LogP contribution in [0.5, 0.6) is 0 Å².